The highest BCUT2D eigenvalue weighted by Crippen LogP contribution is 2.29. The fourth-order valence-electron chi connectivity index (χ4n) is 2.26. The maximum Gasteiger partial charge on any atom is 0.261 e. The summed E-state index contributed by atoms with van der Waals surface area (Å²) in [6.45, 7) is 3.98. The van der Waals surface area contributed by atoms with Crippen molar-refractivity contribution in [1.82, 2.24) is 0 Å². The first kappa shape index (κ1) is 17.6. The Kier molecular flexibility index (Phi) is 5.16. The topological polar surface area (TPSA) is 46.2 Å². The van der Waals surface area contributed by atoms with Gasteiger partial charge < -0.3 is 0 Å². The Morgan fingerprint density at radius 1 is 0.680 bits per heavy atom. The van der Waals surface area contributed by atoms with Crippen LogP contribution in [0.5, 0.6) is 0 Å². The molecular formula is C20H19NO2S2. The maximum absolute atomic E-state index is 12.4. The van der Waals surface area contributed by atoms with Crippen molar-refractivity contribution >= 4 is 27.5 Å². The number of benzene rings is 3. The molecular weight excluding hydrogens is 350 g/mol. The molecule has 0 unspecified atom stereocenters. The van der Waals surface area contributed by atoms with Crippen LogP contribution in [0.15, 0.2) is 87.5 Å². The van der Waals surface area contributed by atoms with Gasteiger partial charge in [0.15, 0.2) is 0 Å². The van der Waals surface area contributed by atoms with E-state index < -0.39 is 10.0 Å². The second kappa shape index (κ2) is 7.33. The number of rotatable bonds is 5. The third kappa shape index (κ3) is 4.65. The smallest absolute Gasteiger partial charge is 0.261 e. The van der Waals surface area contributed by atoms with Crippen LogP contribution in [0.25, 0.3) is 0 Å². The quantitative estimate of drug-likeness (QED) is 0.668. The van der Waals surface area contributed by atoms with Gasteiger partial charge in [0.1, 0.15) is 0 Å². The second-order valence-electron chi connectivity index (χ2n) is 5.86. The van der Waals surface area contributed by atoms with Gasteiger partial charge in [-0.15, -0.1) is 0 Å². The van der Waals surface area contributed by atoms with E-state index in [1.807, 2.05) is 19.1 Å². The monoisotopic (exact) mass is 369 g/mol. The van der Waals surface area contributed by atoms with Crippen molar-refractivity contribution in [3.63, 3.8) is 0 Å². The third-order valence-electron chi connectivity index (χ3n) is 3.69. The number of nitrogens with one attached hydrogen (secondary N) is 1. The van der Waals surface area contributed by atoms with Gasteiger partial charge in [-0.1, -0.05) is 47.2 Å². The molecule has 0 heterocycles. The van der Waals surface area contributed by atoms with Gasteiger partial charge in [0, 0.05) is 15.5 Å². The number of aryl methyl sites for hydroxylation is 2. The van der Waals surface area contributed by atoms with Crippen molar-refractivity contribution in [2.75, 3.05) is 4.72 Å². The van der Waals surface area contributed by atoms with Crippen molar-refractivity contribution in [2.45, 2.75) is 28.5 Å². The van der Waals surface area contributed by atoms with E-state index >= 15 is 0 Å². The number of hydrogen-bond acceptors (Lipinski definition) is 3. The molecule has 3 rings (SSSR count). The van der Waals surface area contributed by atoms with Gasteiger partial charge in [-0.25, -0.2) is 8.42 Å². The van der Waals surface area contributed by atoms with E-state index in [-0.39, 0.29) is 4.90 Å². The lowest BCUT2D eigenvalue weighted by Gasteiger charge is -2.09. The van der Waals surface area contributed by atoms with E-state index in [9.17, 15) is 8.42 Å². The van der Waals surface area contributed by atoms with Crippen LogP contribution in [0, 0.1) is 13.8 Å². The summed E-state index contributed by atoms with van der Waals surface area (Å²) in [5, 5.41) is 0. The summed E-state index contributed by atoms with van der Waals surface area (Å²) in [5.41, 5.74) is 2.80. The summed E-state index contributed by atoms with van der Waals surface area (Å²) in [4.78, 5) is 2.47. The molecule has 0 aliphatic carbocycles. The minimum atomic E-state index is -3.56. The minimum Gasteiger partial charge on any atom is -0.280 e. The minimum absolute atomic E-state index is 0.260. The average Bonchev–Trinajstić information content (AvgIpc) is 2.59. The molecule has 3 nitrogen and oxygen atoms in total. The first-order valence-electron chi connectivity index (χ1n) is 7.86. The molecule has 0 saturated heterocycles. The first-order valence-corrected chi connectivity index (χ1v) is 10.2. The average molecular weight is 370 g/mol. The van der Waals surface area contributed by atoms with Crippen molar-refractivity contribution in [1.29, 1.82) is 0 Å². The summed E-state index contributed by atoms with van der Waals surface area (Å²) in [7, 11) is -3.56. The van der Waals surface area contributed by atoms with Crippen molar-refractivity contribution in [2.24, 2.45) is 0 Å². The maximum atomic E-state index is 12.4. The van der Waals surface area contributed by atoms with Crippen LogP contribution in [0.2, 0.25) is 0 Å². The van der Waals surface area contributed by atoms with Gasteiger partial charge in [0.25, 0.3) is 10.0 Å². The van der Waals surface area contributed by atoms with Crippen LogP contribution < -0.4 is 4.72 Å². The number of hydrogen-bond donors (Lipinski definition) is 1. The van der Waals surface area contributed by atoms with Crippen LogP contribution >= 0.6 is 11.8 Å². The second-order valence-corrected chi connectivity index (χ2v) is 8.69. The summed E-state index contributed by atoms with van der Waals surface area (Å²) < 4.78 is 27.4. The largest absolute Gasteiger partial charge is 0.280 e. The van der Waals surface area contributed by atoms with Crippen LogP contribution in [0.1, 0.15) is 11.1 Å². The Hall–Kier alpha value is -2.24. The van der Waals surface area contributed by atoms with Crippen LogP contribution in [-0.2, 0) is 10.0 Å². The third-order valence-corrected chi connectivity index (χ3v) is 6.11. The summed E-state index contributed by atoms with van der Waals surface area (Å²) >= 11 is 1.64. The van der Waals surface area contributed by atoms with E-state index in [1.165, 1.54) is 5.56 Å². The van der Waals surface area contributed by atoms with E-state index in [0.29, 0.717) is 5.69 Å². The molecule has 0 fully saturated rings. The van der Waals surface area contributed by atoms with Gasteiger partial charge >= 0.3 is 0 Å². The molecule has 5 heteroatoms. The summed E-state index contributed by atoms with van der Waals surface area (Å²) in [6.07, 6.45) is 0. The molecule has 0 amide bonds. The summed E-state index contributed by atoms with van der Waals surface area (Å²) in [6, 6.07) is 22.5. The molecule has 0 aliphatic heterocycles. The zero-order valence-electron chi connectivity index (χ0n) is 14.1. The highest BCUT2D eigenvalue weighted by molar-refractivity contribution is 7.99. The lowest BCUT2D eigenvalue weighted by Crippen LogP contribution is -2.12. The normalized spacial score (nSPS) is 11.3. The van der Waals surface area contributed by atoms with Crippen LogP contribution in [-0.4, -0.2) is 8.42 Å². The zero-order valence-corrected chi connectivity index (χ0v) is 15.7. The van der Waals surface area contributed by atoms with Crippen molar-refractivity contribution < 1.29 is 8.42 Å². The molecule has 0 bridgehead atoms. The molecule has 0 aliphatic rings. The molecule has 0 atom stereocenters. The van der Waals surface area contributed by atoms with Gasteiger partial charge in [-0.2, -0.15) is 0 Å². The zero-order chi connectivity index (χ0) is 17.9. The van der Waals surface area contributed by atoms with E-state index in [0.717, 1.165) is 15.4 Å². The molecule has 3 aromatic rings. The molecule has 25 heavy (non-hydrogen) atoms. The molecule has 0 saturated carbocycles. The lowest BCUT2D eigenvalue weighted by molar-refractivity contribution is 0.601. The fourth-order valence-corrected chi connectivity index (χ4v) is 4.14. The Labute approximate surface area is 153 Å². The fraction of sp³-hybridized carbons (Fsp3) is 0.100. The van der Waals surface area contributed by atoms with E-state index in [2.05, 4.69) is 35.9 Å². The van der Waals surface area contributed by atoms with Gasteiger partial charge in [-0.05, 0) is 62.4 Å². The lowest BCUT2D eigenvalue weighted by atomic mass is 10.2. The predicted molar refractivity (Wildman–Crippen MR) is 104 cm³/mol. The van der Waals surface area contributed by atoms with Crippen LogP contribution in [0.3, 0.4) is 0 Å². The standard InChI is InChI=1S/C20H19NO2S2/c1-15-3-9-18(10-4-15)24-19-11-7-17(8-12-19)21-25(22,23)20-13-5-16(2)6-14-20/h3-14,21H,1-2H3. The predicted octanol–water partition coefficient (Wildman–Crippen LogP) is 5.26. The van der Waals surface area contributed by atoms with Crippen molar-refractivity contribution in [3.05, 3.63) is 83.9 Å². The highest BCUT2D eigenvalue weighted by atomic mass is 32.2. The van der Waals surface area contributed by atoms with Gasteiger partial charge in [0.2, 0.25) is 0 Å². The van der Waals surface area contributed by atoms with Gasteiger partial charge in [-0.3, -0.25) is 4.72 Å². The molecule has 128 valence electrons. The first-order chi connectivity index (χ1) is 11.9. The summed E-state index contributed by atoms with van der Waals surface area (Å²) in [5.74, 6) is 0. The molecule has 0 radical (unpaired) electrons. The van der Waals surface area contributed by atoms with Gasteiger partial charge in [0.05, 0.1) is 4.90 Å². The Morgan fingerprint density at radius 2 is 1.12 bits per heavy atom. The van der Waals surface area contributed by atoms with Crippen molar-refractivity contribution in [3.8, 4) is 0 Å². The number of sulfonamides is 1. The SMILES string of the molecule is Cc1ccc(Sc2ccc(NS(=O)(=O)c3ccc(C)cc3)cc2)cc1. The van der Waals surface area contributed by atoms with Crippen LogP contribution in [0.4, 0.5) is 5.69 Å². The number of anilines is 1. The Balaban J connectivity index is 1.71. The molecule has 0 aromatic heterocycles. The Morgan fingerprint density at radius 3 is 1.64 bits per heavy atom. The Bertz CT molecular complexity index is 946. The highest BCUT2D eigenvalue weighted by Gasteiger charge is 2.13. The molecule has 0 spiro atoms. The van der Waals surface area contributed by atoms with E-state index in [4.69, 9.17) is 0 Å². The van der Waals surface area contributed by atoms with E-state index in [1.54, 1.807) is 48.2 Å². The molecule has 1 N–H and O–H groups in total. The molecule has 3 aromatic carbocycles.